The molecule has 114 valence electrons. The summed E-state index contributed by atoms with van der Waals surface area (Å²) >= 11 is 0. The molecular formula is C18H20N2O2. The molecule has 2 amide bonds. The average molecular weight is 296 g/mol. The van der Waals surface area contributed by atoms with E-state index in [1.165, 1.54) is 4.90 Å². The highest BCUT2D eigenvalue weighted by atomic mass is 16.2. The third-order valence-corrected chi connectivity index (χ3v) is 5.38. The van der Waals surface area contributed by atoms with Gasteiger partial charge < -0.3 is 5.32 Å². The van der Waals surface area contributed by atoms with Crippen LogP contribution in [0.4, 0.5) is 5.69 Å². The Morgan fingerprint density at radius 2 is 1.73 bits per heavy atom. The maximum atomic E-state index is 12.6. The van der Waals surface area contributed by atoms with Crippen molar-refractivity contribution in [2.75, 3.05) is 12.0 Å². The van der Waals surface area contributed by atoms with Crippen LogP contribution in [-0.4, -0.2) is 23.4 Å². The first kappa shape index (κ1) is 13.6. The number of fused-ring (bicyclic) bond motifs is 5. The second-order valence-electron chi connectivity index (χ2n) is 6.76. The van der Waals surface area contributed by atoms with E-state index in [1.54, 1.807) is 0 Å². The third-order valence-electron chi connectivity index (χ3n) is 5.38. The summed E-state index contributed by atoms with van der Waals surface area (Å²) in [7, 11) is 0. The van der Waals surface area contributed by atoms with Crippen molar-refractivity contribution in [3.8, 4) is 0 Å². The third kappa shape index (κ3) is 1.83. The lowest BCUT2D eigenvalue weighted by atomic mass is 9.85. The highest BCUT2D eigenvalue weighted by Gasteiger charge is 2.59. The van der Waals surface area contributed by atoms with Crippen LogP contribution in [0.15, 0.2) is 30.4 Å². The normalized spacial score (nSPS) is 32.0. The van der Waals surface area contributed by atoms with Gasteiger partial charge in [-0.3, -0.25) is 14.5 Å². The molecular weight excluding hydrogens is 276 g/mol. The van der Waals surface area contributed by atoms with Gasteiger partial charge in [0.05, 0.1) is 18.5 Å². The second kappa shape index (κ2) is 4.70. The van der Waals surface area contributed by atoms with Gasteiger partial charge in [-0.2, -0.15) is 0 Å². The summed E-state index contributed by atoms with van der Waals surface area (Å²) in [5, 5.41) is 3.26. The quantitative estimate of drug-likeness (QED) is 0.688. The molecule has 0 aromatic heterocycles. The zero-order valence-corrected chi connectivity index (χ0v) is 12.9. The summed E-state index contributed by atoms with van der Waals surface area (Å²) in [5.74, 6) is 0.342. The topological polar surface area (TPSA) is 49.4 Å². The van der Waals surface area contributed by atoms with Gasteiger partial charge in [0, 0.05) is 5.69 Å². The zero-order chi connectivity index (χ0) is 15.4. The molecule has 1 heterocycles. The van der Waals surface area contributed by atoms with Gasteiger partial charge in [-0.25, -0.2) is 0 Å². The van der Waals surface area contributed by atoms with E-state index < -0.39 is 0 Å². The Bertz CT molecular complexity index is 664. The van der Waals surface area contributed by atoms with Crippen molar-refractivity contribution in [3.05, 3.63) is 41.5 Å². The fourth-order valence-corrected chi connectivity index (χ4v) is 4.21. The molecule has 4 heteroatoms. The Hall–Kier alpha value is -2.10. The van der Waals surface area contributed by atoms with Gasteiger partial charge in [0.15, 0.2) is 0 Å². The van der Waals surface area contributed by atoms with Crippen LogP contribution in [0, 0.1) is 37.5 Å². The molecule has 2 fully saturated rings. The Balaban J connectivity index is 1.51. The van der Waals surface area contributed by atoms with Crippen molar-refractivity contribution in [1.29, 1.82) is 0 Å². The first-order valence-corrected chi connectivity index (χ1v) is 7.91. The van der Waals surface area contributed by atoms with Crippen LogP contribution in [0.25, 0.3) is 0 Å². The van der Waals surface area contributed by atoms with Crippen molar-refractivity contribution < 1.29 is 9.59 Å². The lowest BCUT2D eigenvalue weighted by Crippen LogP contribution is -2.37. The number of carbonyl (C=O) groups is 2. The first-order chi connectivity index (χ1) is 10.6. The van der Waals surface area contributed by atoms with Crippen molar-refractivity contribution in [2.24, 2.45) is 23.7 Å². The lowest BCUT2D eigenvalue weighted by Gasteiger charge is -2.19. The number of benzene rings is 1. The summed E-state index contributed by atoms with van der Waals surface area (Å²) in [6.07, 6.45) is 5.22. The Morgan fingerprint density at radius 3 is 2.36 bits per heavy atom. The highest BCUT2D eigenvalue weighted by molar-refractivity contribution is 6.06. The molecule has 3 aliphatic rings. The van der Waals surface area contributed by atoms with E-state index in [0.29, 0.717) is 0 Å². The molecule has 4 atom stereocenters. The summed E-state index contributed by atoms with van der Waals surface area (Å²) in [6, 6.07) is 6.15. The molecule has 22 heavy (non-hydrogen) atoms. The maximum Gasteiger partial charge on any atom is 0.235 e. The minimum atomic E-state index is -0.108. The van der Waals surface area contributed by atoms with Gasteiger partial charge in [0.1, 0.15) is 0 Å². The SMILES string of the molecule is Cc1ccc(C)c(NCN2C(=O)C3C4C=CC(C4)C3C2=O)c1. The van der Waals surface area contributed by atoms with Gasteiger partial charge in [-0.1, -0.05) is 24.3 Å². The van der Waals surface area contributed by atoms with Gasteiger partial charge in [0.2, 0.25) is 11.8 Å². The number of nitrogens with zero attached hydrogens (tertiary/aromatic N) is 1. The number of carbonyl (C=O) groups excluding carboxylic acids is 2. The monoisotopic (exact) mass is 296 g/mol. The van der Waals surface area contributed by atoms with Crippen molar-refractivity contribution in [2.45, 2.75) is 20.3 Å². The van der Waals surface area contributed by atoms with Gasteiger partial charge in [-0.15, -0.1) is 0 Å². The van der Waals surface area contributed by atoms with E-state index in [1.807, 2.05) is 26.0 Å². The molecule has 0 spiro atoms. The van der Waals surface area contributed by atoms with Gasteiger partial charge in [-0.05, 0) is 49.3 Å². The van der Waals surface area contributed by atoms with E-state index in [-0.39, 0.29) is 42.2 Å². The molecule has 1 saturated carbocycles. The molecule has 4 unspecified atom stereocenters. The number of aryl methyl sites for hydroxylation is 2. The molecule has 4 rings (SSSR count). The van der Waals surface area contributed by atoms with Gasteiger partial charge >= 0.3 is 0 Å². The van der Waals surface area contributed by atoms with E-state index in [4.69, 9.17) is 0 Å². The summed E-state index contributed by atoms with van der Waals surface area (Å²) in [6.45, 7) is 4.33. The molecule has 1 aromatic carbocycles. The van der Waals surface area contributed by atoms with Crippen LogP contribution in [0.3, 0.4) is 0 Å². The Morgan fingerprint density at radius 1 is 1.09 bits per heavy atom. The van der Waals surface area contributed by atoms with Crippen LogP contribution in [-0.2, 0) is 9.59 Å². The molecule has 2 bridgehead atoms. The Kier molecular flexibility index (Phi) is 2.90. The van der Waals surface area contributed by atoms with Crippen molar-refractivity contribution in [1.82, 2.24) is 4.90 Å². The Labute approximate surface area is 130 Å². The minimum Gasteiger partial charge on any atom is -0.367 e. The number of likely N-dealkylation sites (tertiary alicyclic amines) is 1. The van der Waals surface area contributed by atoms with Crippen LogP contribution in [0.5, 0.6) is 0 Å². The molecule has 1 N–H and O–H groups in total. The maximum absolute atomic E-state index is 12.6. The number of amides is 2. The lowest BCUT2D eigenvalue weighted by molar-refractivity contribution is -0.140. The van der Waals surface area contributed by atoms with Crippen molar-refractivity contribution >= 4 is 17.5 Å². The van der Waals surface area contributed by atoms with Gasteiger partial charge in [0.25, 0.3) is 0 Å². The summed E-state index contributed by atoms with van der Waals surface area (Å²) < 4.78 is 0. The summed E-state index contributed by atoms with van der Waals surface area (Å²) in [4.78, 5) is 26.6. The first-order valence-electron chi connectivity index (χ1n) is 7.91. The fourth-order valence-electron chi connectivity index (χ4n) is 4.21. The predicted molar refractivity (Wildman–Crippen MR) is 84.0 cm³/mol. The van der Waals surface area contributed by atoms with E-state index in [9.17, 15) is 9.59 Å². The average Bonchev–Trinajstić information content (AvgIpc) is 3.16. The number of hydrogen-bond acceptors (Lipinski definition) is 3. The second-order valence-corrected chi connectivity index (χ2v) is 6.76. The highest BCUT2D eigenvalue weighted by Crippen LogP contribution is 2.52. The molecule has 4 nitrogen and oxygen atoms in total. The predicted octanol–water partition coefficient (Wildman–Crippen LogP) is 2.48. The fraction of sp³-hybridized carbons (Fsp3) is 0.444. The smallest absolute Gasteiger partial charge is 0.235 e. The van der Waals surface area contributed by atoms with Crippen LogP contribution >= 0.6 is 0 Å². The standard InChI is InChI=1S/C18H20N2O2/c1-10-3-4-11(2)14(7-10)19-9-20-17(21)15-12-5-6-13(8-12)16(15)18(20)22/h3-7,12-13,15-16,19H,8-9H2,1-2H3. The van der Waals surface area contributed by atoms with Crippen LogP contribution in [0.1, 0.15) is 17.5 Å². The molecule has 2 aliphatic carbocycles. The molecule has 0 radical (unpaired) electrons. The molecule has 1 saturated heterocycles. The number of rotatable bonds is 3. The zero-order valence-electron chi connectivity index (χ0n) is 12.9. The number of nitrogens with one attached hydrogen (secondary N) is 1. The molecule has 1 aliphatic heterocycles. The van der Waals surface area contributed by atoms with E-state index in [2.05, 4.69) is 23.5 Å². The van der Waals surface area contributed by atoms with Crippen LogP contribution < -0.4 is 5.32 Å². The van der Waals surface area contributed by atoms with Crippen molar-refractivity contribution in [3.63, 3.8) is 0 Å². The van der Waals surface area contributed by atoms with Crippen LogP contribution in [0.2, 0.25) is 0 Å². The van der Waals surface area contributed by atoms with E-state index >= 15 is 0 Å². The number of anilines is 1. The largest absolute Gasteiger partial charge is 0.367 e. The summed E-state index contributed by atoms with van der Waals surface area (Å²) in [5.41, 5.74) is 3.26. The number of hydrogen-bond donors (Lipinski definition) is 1. The van der Waals surface area contributed by atoms with E-state index in [0.717, 1.165) is 23.2 Å². The molecule has 1 aromatic rings. The number of imide groups is 1. The number of allylic oxidation sites excluding steroid dienone is 2. The minimum absolute atomic E-state index is 0.00431.